The molecule has 4 heterocycles. The van der Waals surface area contributed by atoms with Gasteiger partial charge in [0.1, 0.15) is 19.0 Å². The zero-order chi connectivity index (χ0) is 34.7. The Balaban J connectivity index is 1.49. The number of hydrogen-bond donors (Lipinski definition) is 2. The Kier molecular flexibility index (Phi) is 8.60. The van der Waals surface area contributed by atoms with E-state index in [4.69, 9.17) is 37.6 Å². The van der Waals surface area contributed by atoms with Gasteiger partial charge >= 0.3 is 18.4 Å². The molecule has 6 radical (unpaired) electrons. The fourth-order valence-corrected chi connectivity index (χ4v) is 4.90. The van der Waals surface area contributed by atoms with Gasteiger partial charge in [-0.15, -0.1) is 0 Å². The smallest absolute Gasteiger partial charge is 0.382 e. The number of nitrogens with zero attached hydrogens (tertiary/aromatic N) is 6. The predicted molar refractivity (Wildman–Crippen MR) is 149 cm³/mol. The number of carbonyl (C=O) groups excluding carboxylic acids is 2. The van der Waals surface area contributed by atoms with Gasteiger partial charge in [0.15, 0.2) is 16.9 Å². The second-order valence-electron chi connectivity index (χ2n) is 11.8. The molecule has 3 aromatic rings. The molecule has 5 rings (SSSR count). The van der Waals surface area contributed by atoms with Crippen molar-refractivity contribution in [3.8, 4) is 0 Å². The maximum atomic E-state index is 13.9. The summed E-state index contributed by atoms with van der Waals surface area (Å²) in [7, 11) is 18.4. The summed E-state index contributed by atoms with van der Waals surface area (Å²) in [6, 6.07) is -2.73. The lowest BCUT2D eigenvalue weighted by molar-refractivity contribution is -0.265. The van der Waals surface area contributed by atoms with Gasteiger partial charge in [0, 0.05) is 18.6 Å². The molecular weight excluding hydrogens is 639 g/mol. The highest BCUT2D eigenvalue weighted by atomic mass is 19.4. The van der Waals surface area contributed by atoms with Crippen molar-refractivity contribution in [3.63, 3.8) is 0 Å². The monoisotopic (exact) mass is 664 g/mol. The van der Waals surface area contributed by atoms with Crippen molar-refractivity contribution < 1.29 is 50.0 Å². The quantitative estimate of drug-likeness (QED) is 0.232. The summed E-state index contributed by atoms with van der Waals surface area (Å²) < 4.78 is 98.6. The predicted octanol–water partition coefficient (Wildman–Crippen LogP) is 1.95. The van der Waals surface area contributed by atoms with E-state index < -0.39 is 66.0 Å². The van der Waals surface area contributed by atoms with E-state index in [1.54, 1.807) is 5.32 Å². The molecule has 3 aromatic heterocycles. The van der Waals surface area contributed by atoms with Gasteiger partial charge in [0.05, 0.1) is 59.1 Å². The maximum absolute atomic E-state index is 13.9. The van der Waals surface area contributed by atoms with Crippen molar-refractivity contribution in [2.24, 2.45) is 0 Å². The molecule has 3 unspecified atom stereocenters. The summed E-state index contributed by atoms with van der Waals surface area (Å²) in [5.41, 5.74) is -5.97. The first kappa shape index (κ1) is 34.5. The second kappa shape index (κ2) is 11.7. The molecule has 2 fully saturated rings. The van der Waals surface area contributed by atoms with Gasteiger partial charge in [-0.25, -0.2) is 18.9 Å². The molecule has 1 saturated heterocycles. The highest BCUT2D eigenvalue weighted by Gasteiger charge is 2.67. The molecule has 1 aliphatic carbocycles. The second-order valence-corrected chi connectivity index (χ2v) is 11.8. The number of imidazole rings is 1. The van der Waals surface area contributed by atoms with E-state index in [1.165, 1.54) is 23.9 Å². The molecule has 13 nitrogen and oxygen atoms in total. The minimum Gasteiger partial charge on any atom is -0.382 e. The molecule has 2 N–H and O–H groups in total. The molecule has 0 bridgehead atoms. The summed E-state index contributed by atoms with van der Waals surface area (Å²) in [5, 5.41) is 12.7. The summed E-state index contributed by atoms with van der Waals surface area (Å²) >= 11 is 0. The van der Waals surface area contributed by atoms with Crippen LogP contribution in [0.15, 0.2) is 23.1 Å². The van der Waals surface area contributed by atoms with E-state index in [0.29, 0.717) is 10.6 Å². The fraction of sp³-hybridized carbons (Fsp3) is 0.600. The van der Waals surface area contributed by atoms with Crippen LogP contribution in [0.25, 0.3) is 5.65 Å². The number of halogens is 6. The van der Waals surface area contributed by atoms with E-state index in [2.05, 4.69) is 25.7 Å². The van der Waals surface area contributed by atoms with Gasteiger partial charge in [-0.05, 0) is 43.2 Å². The van der Waals surface area contributed by atoms with Gasteiger partial charge < -0.3 is 25.0 Å². The van der Waals surface area contributed by atoms with E-state index in [9.17, 15) is 35.9 Å². The number of alkyl halides is 6. The Morgan fingerprint density at radius 3 is 2.43 bits per heavy atom. The van der Waals surface area contributed by atoms with E-state index in [1.807, 2.05) is 0 Å². The minimum absolute atomic E-state index is 0.00351. The number of fused-ring (bicyclic) bond motifs is 1. The van der Waals surface area contributed by atoms with Crippen LogP contribution in [0.1, 0.15) is 72.1 Å². The minimum atomic E-state index is -5.26. The largest absolute Gasteiger partial charge is 0.416 e. The number of nitrogens with one attached hydrogen (secondary N) is 2. The Labute approximate surface area is 266 Å². The summed E-state index contributed by atoms with van der Waals surface area (Å²) in [5.74, 6) is -0.854. The number of ether oxygens (including phenoxy) is 2. The average Bonchev–Trinajstić information content (AvgIpc) is 3.45. The molecular formula is C25H25B3F6N8O5. The highest BCUT2D eigenvalue weighted by molar-refractivity contribution is 6.47. The lowest BCUT2D eigenvalue weighted by Crippen LogP contribution is -2.70. The Morgan fingerprint density at radius 1 is 1.17 bits per heavy atom. The zero-order valence-electron chi connectivity index (χ0n) is 25.0. The van der Waals surface area contributed by atoms with Gasteiger partial charge in [-0.3, -0.25) is 4.79 Å². The van der Waals surface area contributed by atoms with E-state index in [-0.39, 0.29) is 28.5 Å². The number of rotatable bonds is 11. The first-order chi connectivity index (χ1) is 21.7. The van der Waals surface area contributed by atoms with Crippen molar-refractivity contribution in [1.82, 2.24) is 40.4 Å². The molecule has 3 amide bonds. The van der Waals surface area contributed by atoms with Crippen molar-refractivity contribution in [3.05, 3.63) is 41.1 Å². The topological polar surface area (TPSA) is 149 Å². The third kappa shape index (κ3) is 6.16. The number of urea groups is 1. The van der Waals surface area contributed by atoms with Crippen molar-refractivity contribution in [1.29, 1.82) is 0 Å². The standard InChI is InChI=1S/C25H25B3F6N8O5/c1-21(2,24(29,30)31)46-9-14(37-19(43)18-17(11-4-5-11)39-47-40-18)13-8-41-16(36-13)6-12(7-35-41)15(10-45-3)42-20(44)38-22(26,23(42,27)28)25(32,33)34/h6-8,11,14-15H,4-5,9-10H2,1-3H3,(H,37,43)(H,38,44). The first-order valence-corrected chi connectivity index (χ1v) is 13.9. The molecule has 22 heteroatoms. The SMILES string of the molecule is [B]C1([B])N(C(COC)c2cnn3cc(C(COC(C)(C)C(F)(F)F)NC(=O)c4nonc4C4CC4)nc3c2)C(=O)NC1([B])C(F)(F)F. The Hall–Kier alpha value is -3.81. The molecule has 3 atom stereocenters. The average molecular weight is 664 g/mol. The van der Waals surface area contributed by atoms with Crippen molar-refractivity contribution in [2.45, 2.75) is 73.4 Å². The summed E-state index contributed by atoms with van der Waals surface area (Å²) in [6.45, 7) is 0.490. The normalized spacial score (nSPS) is 21.6. The molecule has 0 spiro atoms. The van der Waals surface area contributed by atoms with Crippen LogP contribution >= 0.6 is 0 Å². The van der Waals surface area contributed by atoms with Crippen molar-refractivity contribution in [2.75, 3.05) is 20.3 Å². The van der Waals surface area contributed by atoms with Gasteiger partial charge in [-0.1, -0.05) is 5.16 Å². The lowest BCUT2D eigenvalue weighted by atomic mass is 9.44. The van der Waals surface area contributed by atoms with Crippen LogP contribution in [0.5, 0.6) is 0 Å². The number of carbonyl (C=O) groups is 2. The zero-order valence-corrected chi connectivity index (χ0v) is 25.0. The van der Waals surface area contributed by atoms with E-state index in [0.717, 1.165) is 32.9 Å². The van der Waals surface area contributed by atoms with Crippen LogP contribution in [0.4, 0.5) is 31.1 Å². The molecule has 47 heavy (non-hydrogen) atoms. The number of aromatic nitrogens is 5. The van der Waals surface area contributed by atoms with Crippen LogP contribution in [0.2, 0.25) is 0 Å². The first-order valence-electron chi connectivity index (χ1n) is 13.9. The van der Waals surface area contributed by atoms with Crippen LogP contribution < -0.4 is 10.6 Å². The van der Waals surface area contributed by atoms with Crippen LogP contribution in [-0.2, 0) is 9.47 Å². The van der Waals surface area contributed by atoms with Gasteiger partial charge in [0.25, 0.3) is 5.91 Å². The third-order valence-corrected chi connectivity index (χ3v) is 8.03. The van der Waals surface area contributed by atoms with Crippen LogP contribution in [-0.4, -0.2) is 114 Å². The van der Waals surface area contributed by atoms with Gasteiger partial charge in [0.2, 0.25) is 0 Å². The Bertz CT molecular complexity index is 1660. The number of amides is 3. The fourth-order valence-electron chi connectivity index (χ4n) is 4.90. The highest BCUT2D eigenvalue weighted by Crippen LogP contribution is 2.44. The van der Waals surface area contributed by atoms with E-state index >= 15 is 0 Å². The Morgan fingerprint density at radius 2 is 1.85 bits per heavy atom. The van der Waals surface area contributed by atoms with Gasteiger partial charge in [-0.2, -0.15) is 31.4 Å². The maximum Gasteiger partial charge on any atom is 0.416 e. The summed E-state index contributed by atoms with van der Waals surface area (Å²) in [6.07, 6.45) is -6.07. The molecule has 2 aliphatic rings. The summed E-state index contributed by atoms with van der Waals surface area (Å²) in [4.78, 5) is 30.8. The molecule has 1 saturated carbocycles. The lowest BCUT2D eigenvalue weighted by Gasteiger charge is -2.46. The van der Waals surface area contributed by atoms with Crippen molar-refractivity contribution >= 4 is 41.1 Å². The van der Waals surface area contributed by atoms with Crippen LogP contribution in [0.3, 0.4) is 0 Å². The third-order valence-electron chi connectivity index (χ3n) is 8.03. The molecule has 0 aromatic carbocycles. The molecule has 246 valence electrons. The molecule has 1 aliphatic heterocycles. The van der Waals surface area contributed by atoms with Crippen LogP contribution in [0, 0.1) is 0 Å². The number of methoxy groups -OCH3 is 1. The number of hydrogen-bond acceptors (Lipinski definition) is 9.